The fraction of sp³-hybridized carbons (Fsp3) is 1.00. The van der Waals surface area contributed by atoms with Crippen LogP contribution in [-0.4, -0.2) is 46.5 Å². The highest BCUT2D eigenvalue weighted by Crippen LogP contribution is 2.18. The zero-order valence-electron chi connectivity index (χ0n) is 5.17. The number of aliphatic hydroxyl groups is 3. The maximum Gasteiger partial charge on any atom is 0.220 e. The van der Waals surface area contributed by atoms with E-state index in [1.54, 1.807) is 0 Å². The van der Waals surface area contributed by atoms with Crippen molar-refractivity contribution in [2.75, 3.05) is 6.61 Å². The van der Waals surface area contributed by atoms with E-state index in [1.165, 1.54) is 0 Å². The van der Waals surface area contributed by atoms with Crippen molar-refractivity contribution in [1.29, 1.82) is 0 Å². The van der Waals surface area contributed by atoms with Crippen LogP contribution in [0.5, 0.6) is 0 Å². The van der Waals surface area contributed by atoms with Crippen LogP contribution in [0.4, 0.5) is 0 Å². The van der Waals surface area contributed by atoms with Crippen molar-refractivity contribution in [2.45, 2.75) is 24.6 Å². The van der Waals surface area contributed by atoms with Gasteiger partial charge >= 0.3 is 0 Å². The lowest BCUT2D eigenvalue weighted by Crippen LogP contribution is -2.33. The maximum atomic E-state index is 10.5. The van der Waals surface area contributed by atoms with Gasteiger partial charge in [0.05, 0.1) is 6.61 Å². The molecule has 1 heterocycles. The smallest absolute Gasteiger partial charge is 0.220 e. The first-order valence-electron chi connectivity index (χ1n) is 2.95. The van der Waals surface area contributed by atoms with Gasteiger partial charge in [0.15, 0.2) is 0 Å². The van der Waals surface area contributed by atoms with Crippen molar-refractivity contribution in [3.63, 3.8) is 0 Å². The molecule has 1 aliphatic rings. The zero-order valence-corrected chi connectivity index (χ0v) is 5.17. The monoisotopic (exact) mass is 149 g/mol. The summed E-state index contributed by atoms with van der Waals surface area (Å²) in [5, 5.41) is 36.6. The number of hydrogen-bond acceptors (Lipinski definition) is 4. The minimum atomic E-state index is -1.63. The van der Waals surface area contributed by atoms with E-state index in [0.29, 0.717) is 0 Å². The van der Waals surface area contributed by atoms with Gasteiger partial charge in [0, 0.05) is 0 Å². The molecule has 1 fully saturated rings. The molecule has 0 saturated carbocycles. The highest BCUT2D eigenvalue weighted by atomic mass is 16.6. The normalized spacial score (nSPS) is 48.0. The van der Waals surface area contributed by atoms with Crippen molar-refractivity contribution in [3.8, 4) is 0 Å². The number of hydrogen-bond donors (Lipinski definition) is 3. The van der Waals surface area contributed by atoms with Gasteiger partial charge in [-0.05, 0) is 0 Å². The van der Waals surface area contributed by atoms with Crippen LogP contribution in [0, 0.1) is 0 Å². The maximum absolute atomic E-state index is 10.5. The summed E-state index contributed by atoms with van der Waals surface area (Å²) in [4.78, 5) is 0. The Bertz CT molecular complexity index is 117. The summed E-state index contributed by atoms with van der Waals surface area (Å²) in [6.45, 7) is -0.447. The Morgan fingerprint density at radius 1 is 1.30 bits per heavy atom. The van der Waals surface area contributed by atoms with E-state index in [0.717, 1.165) is 0 Å². The lowest BCUT2D eigenvalue weighted by molar-refractivity contribution is -0.168. The van der Waals surface area contributed by atoms with Crippen LogP contribution in [0.3, 0.4) is 0 Å². The number of rotatable bonds is 1. The molecule has 1 radical (unpaired) electrons. The summed E-state index contributed by atoms with van der Waals surface area (Å²) in [6.07, 6.45) is -5.24. The van der Waals surface area contributed by atoms with Crippen molar-refractivity contribution in [1.82, 2.24) is 0 Å². The minimum Gasteiger partial charge on any atom is -0.394 e. The molecule has 1 aliphatic heterocycles. The van der Waals surface area contributed by atoms with Gasteiger partial charge in [0.1, 0.15) is 18.3 Å². The predicted molar refractivity (Wildman–Crippen MR) is 28.4 cm³/mol. The quantitative estimate of drug-likeness (QED) is 0.396. The van der Waals surface area contributed by atoms with Crippen LogP contribution < -0.4 is 0 Å². The Morgan fingerprint density at radius 2 is 1.90 bits per heavy atom. The first-order valence-corrected chi connectivity index (χ1v) is 2.95. The standard InChI is InChI=1S/C5H9O5/c6-1-2-3(7)4(8)5(9)10-2/h2-8H,1H2/t2-,3-,4+,5+/m0/s1. The predicted octanol–water partition coefficient (Wildman–Crippen LogP) is -2.14. The molecule has 5 nitrogen and oxygen atoms in total. The van der Waals surface area contributed by atoms with Crippen LogP contribution in [0.2, 0.25) is 0 Å². The third-order valence-corrected chi connectivity index (χ3v) is 1.50. The van der Waals surface area contributed by atoms with Gasteiger partial charge in [-0.2, -0.15) is 5.11 Å². The molecular weight excluding hydrogens is 140 g/mol. The van der Waals surface area contributed by atoms with Gasteiger partial charge in [-0.3, -0.25) is 0 Å². The molecule has 4 atom stereocenters. The van der Waals surface area contributed by atoms with Crippen LogP contribution in [0.15, 0.2) is 0 Å². The van der Waals surface area contributed by atoms with Crippen LogP contribution in [-0.2, 0) is 9.84 Å². The Kier molecular flexibility index (Phi) is 2.22. The molecule has 10 heavy (non-hydrogen) atoms. The highest BCUT2D eigenvalue weighted by molar-refractivity contribution is 4.84. The van der Waals surface area contributed by atoms with Gasteiger partial charge in [-0.15, -0.1) is 0 Å². The lowest BCUT2D eigenvalue weighted by Gasteiger charge is -2.09. The molecule has 59 valence electrons. The SMILES string of the molecule is [O][C@@H]1O[C@@H](CO)[C@H](O)[C@H]1O. The van der Waals surface area contributed by atoms with E-state index < -0.39 is 31.2 Å². The topological polar surface area (TPSA) is 89.8 Å². The average Bonchev–Trinajstić information content (AvgIpc) is 2.17. The summed E-state index contributed by atoms with van der Waals surface area (Å²) in [5.74, 6) is 0. The van der Waals surface area contributed by atoms with Gasteiger partial charge in [-0.25, -0.2) is 0 Å². The summed E-state index contributed by atoms with van der Waals surface area (Å²) in [5.41, 5.74) is 0. The van der Waals surface area contributed by atoms with E-state index in [-0.39, 0.29) is 0 Å². The fourth-order valence-electron chi connectivity index (χ4n) is 0.865. The molecule has 3 N–H and O–H groups in total. The first-order chi connectivity index (χ1) is 4.66. The molecule has 0 amide bonds. The van der Waals surface area contributed by atoms with Crippen molar-refractivity contribution in [3.05, 3.63) is 0 Å². The van der Waals surface area contributed by atoms with Crippen LogP contribution >= 0.6 is 0 Å². The highest BCUT2D eigenvalue weighted by Gasteiger charge is 2.42. The Balaban J connectivity index is 2.53. The van der Waals surface area contributed by atoms with Gasteiger partial charge in [0.2, 0.25) is 6.29 Å². The fourth-order valence-corrected chi connectivity index (χ4v) is 0.865. The molecule has 0 aliphatic carbocycles. The van der Waals surface area contributed by atoms with E-state index in [9.17, 15) is 5.11 Å². The molecule has 0 aromatic heterocycles. The number of aliphatic hydroxyl groups excluding tert-OH is 3. The summed E-state index contributed by atoms with van der Waals surface area (Å²) in [6, 6.07) is 0. The van der Waals surface area contributed by atoms with Gasteiger partial charge < -0.3 is 20.1 Å². The first kappa shape index (κ1) is 7.90. The number of ether oxygens (including phenoxy) is 1. The molecule has 0 unspecified atom stereocenters. The molecule has 1 rings (SSSR count). The van der Waals surface area contributed by atoms with Crippen molar-refractivity contribution >= 4 is 0 Å². The second kappa shape index (κ2) is 2.81. The van der Waals surface area contributed by atoms with Crippen LogP contribution in [0.25, 0.3) is 0 Å². The van der Waals surface area contributed by atoms with Gasteiger partial charge in [-0.1, -0.05) is 0 Å². The summed E-state index contributed by atoms with van der Waals surface area (Å²) < 4.78 is 4.43. The zero-order chi connectivity index (χ0) is 7.72. The van der Waals surface area contributed by atoms with Crippen molar-refractivity contribution in [2.24, 2.45) is 0 Å². The largest absolute Gasteiger partial charge is 0.394 e. The molecule has 0 bridgehead atoms. The summed E-state index contributed by atoms with van der Waals surface area (Å²) >= 11 is 0. The third-order valence-electron chi connectivity index (χ3n) is 1.50. The minimum absolute atomic E-state index is 0.447. The Hall–Kier alpha value is -0.200. The lowest BCUT2D eigenvalue weighted by atomic mass is 10.1. The molecule has 0 aromatic carbocycles. The third kappa shape index (κ3) is 1.14. The average molecular weight is 149 g/mol. The molecular formula is C5H9O5. The molecule has 0 spiro atoms. The molecule has 0 aromatic rings. The van der Waals surface area contributed by atoms with E-state index in [1.807, 2.05) is 0 Å². The van der Waals surface area contributed by atoms with E-state index in [2.05, 4.69) is 4.74 Å². The second-order valence-corrected chi connectivity index (χ2v) is 2.21. The molecule has 1 saturated heterocycles. The second-order valence-electron chi connectivity index (χ2n) is 2.21. The van der Waals surface area contributed by atoms with Crippen LogP contribution in [0.1, 0.15) is 0 Å². The van der Waals surface area contributed by atoms with Crippen molar-refractivity contribution < 1.29 is 25.2 Å². The molecule has 5 heteroatoms. The Labute approximate surface area is 57.5 Å². The van der Waals surface area contributed by atoms with Gasteiger partial charge in [0.25, 0.3) is 0 Å². The Morgan fingerprint density at radius 3 is 2.10 bits per heavy atom. The van der Waals surface area contributed by atoms with E-state index >= 15 is 0 Å². The van der Waals surface area contributed by atoms with E-state index in [4.69, 9.17) is 15.3 Å². The summed E-state index contributed by atoms with van der Waals surface area (Å²) in [7, 11) is 0.